The molecule has 42 heavy (non-hydrogen) atoms. The first-order valence-electron chi connectivity index (χ1n) is 14.3. The van der Waals surface area contributed by atoms with Crippen LogP contribution in [0.15, 0.2) is 0 Å². The van der Waals surface area contributed by atoms with Crippen molar-refractivity contribution < 1.29 is 49.2 Å². The van der Waals surface area contributed by atoms with E-state index in [-0.39, 0.29) is 108 Å². The quantitative estimate of drug-likeness (QED) is 0.129. The first-order chi connectivity index (χ1) is 19.8. The molecule has 15 heteroatoms. The molecule has 1 aliphatic heterocycles. The maximum atomic E-state index is 12.1. The summed E-state index contributed by atoms with van der Waals surface area (Å²) in [4.78, 5) is 76.7. The van der Waals surface area contributed by atoms with Crippen LogP contribution in [0, 0.1) is 5.92 Å². The van der Waals surface area contributed by atoms with Crippen molar-refractivity contribution in [2.75, 3.05) is 78.5 Å². The van der Waals surface area contributed by atoms with Crippen LogP contribution in [0.2, 0.25) is 0 Å². The summed E-state index contributed by atoms with van der Waals surface area (Å²) in [6.45, 7) is 4.32. The molecule has 0 bridgehead atoms. The second-order valence-electron chi connectivity index (χ2n) is 11.0. The Morgan fingerprint density at radius 1 is 0.667 bits per heavy atom. The Kier molecular flexibility index (Phi) is 17.5. The van der Waals surface area contributed by atoms with Gasteiger partial charge in [-0.05, 0) is 12.8 Å². The molecule has 0 aliphatic carbocycles. The molecule has 15 nitrogen and oxygen atoms in total. The zero-order chi connectivity index (χ0) is 31.7. The molecule has 1 saturated heterocycles. The standard InChI is InChI=1S/C27H47N5O10/c1-20(2)22(33)6-7-23(34)28-8-4-3-5-21-15-31(18-26(39)40)12-11-29(16-24(35)36)9-10-30(17-25(37)38)13-14-32(21)19-27(41)42/h20-21H,3-19H2,1-2H3,(H,28,34)(H,35,36)(H,37,38)(H,39,40)(H,41,42). The number of hydrogen-bond donors (Lipinski definition) is 5. The zero-order valence-electron chi connectivity index (χ0n) is 24.7. The lowest BCUT2D eigenvalue weighted by Gasteiger charge is -2.37. The van der Waals surface area contributed by atoms with Crippen LogP contribution in [-0.4, -0.2) is 160 Å². The number of carboxylic acid groups (broad SMARTS) is 4. The largest absolute Gasteiger partial charge is 0.480 e. The molecule has 0 radical (unpaired) electrons. The van der Waals surface area contributed by atoms with Crippen LogP contribution in [0.5, 0.6) is 0 Å². The molecule has 1 amide bonds. The summed E-state index contributed by atoms with van der Waals surface area (Å²) in [5, 5.41) is 40.6. The number of hydrogen-bond acceptors (Lipinski definition) is 10. The van der Waals surface area contributed by atoms with Gasteiger partial charge in [-0.3, -0.25) is 48.4 Å². The zero-order valence-corrected chi connectivity index (χ0v) is 24.7. The molecule has 1 heterocycles. The SMILES string of the molecule is CC(C)C(=O)CCC(=O)NCCCCC1CN(CC(=O)O)CCN(CC(=O)O)CCN(CC(=O)O)CCN1CC(=O)O. The highest BCUT2D eigenvalue weighted by atomic mass is 16.4. The molecule has 5 N–H and O–H groups in total. The van der Waals surface area contributed by atoms with Crippen LogP contribution >= 0.6 is 0 Å². The number of carboxylic acids is 4. The number of Topliss-reactive ketones (excluding diaryl/α,β-unsaturated/α-hetero) is 1. The predicted octanol–water partition coefficient (Wildman–Crippen LogP) is -0.793. The van der Waals surface area contributed by atoms with Gasteiger partial charge in [0.2, 0.25) is 5.91 Å². The summed E-state index contributed by atoms with van der Waals surface area (Å²) in [5.74, 6) is -4.59. The number of nitrogens with one attached hydrogen (secondary N) is 1. The van der Waals surface area contributed by atoms with Gasteiger partial charge in [0.15, 0.2) is 0 Å². The Morgan fingerprint density at radius 2 is 1.14 bits per heavy atom. The van der Waals surface area contributed by atoms with Crippen LogP contribution in [-0.2, 0) is 28.8 Å². The van der Waals surface area contributed by atoms with E-state index in [9.17, 15) is 49.2 Å². The Balaban J connectivity index is 3.01. The van der Waals surface area contributed by atoms with Crippen LogP contribution < -0.4 is 5.32 Å². The maximum Gasteiger partial charge on any atom is 0.317 e. The molecule has 0 aromatic rings. The summed E-state index contributed by atoms with van der Waals surface area (Å²) in [6.07, 6.45) is 1.96. The number of nitrogens with zero attached hydrogens (tertiary/aromatic N) is 4. The lowest BCUT2D eigenvalue weighted by atomic mass is 10.0. The lowest BCUT2D eigenvalue weighted by molar-refractivity contribution is -0.142. The molecular formula is C27H47N5O10. The normalized spacial score (nSPS) is 18.6. The molecule has 0 aromatic heterocycles. The van der Waals surface area contributed by atoms with E-state index >= 15 is 0 Å². The van der Waals surface area contributed by atoms with Crippen molar-refractivity contribution in [2.24, 2.45) is 5.92 Å². The third kappa shape index (κ3) is 17.0. The minimum Gasteiger partial charge on any atom is -0.480 e. The minimum absolute atomic E-state index is 0.0186. The van der Waals surface area contributed by atoms with E-state index in [1.165, 1.54) is 0 Å². The fraction of sp³-hybridized carbons (Fsp3) is 0.778. The molecule has 0 spiro atoms. The van der Waals surface area contributed by atoms with Crippen molar-refractivity contribution in [1.29, 1.82) is 0 Å². The third-order valence-electron chi connectivity index (χ3n) is 7.10. The molecule has 240 valence electrons. The van der Waals surface area contributed by atoms with Gasteiger partial charge in [-0.15, -0.1) is 0 Å². The topological polar surface area (TPSA) is 208 Å². The molecular weight excluding hydrogens is 554 g/mol. The Labute approximate surface area is 246 Å². The van der Waals surface area contributed by atoms with Gasteiger partial charge in [-0.25, -0.2) is 0 Å². The van der Waals surface area contributed by atoms with Gasteiger partial charge in [0.25, 0.3) is 0 Å². The van der Waals surface area contributed by atoms with Gasteiger partial charge >= 0.3 is 23.9 Å². The van der Waals surface area contributed by atoms with Crippen LogP contribution in [0.25, 0.3) is 0 Å². The second-order valence-corrected chi connectivity index (χ2v) is 11.0. The second kappa shape index (κ2) is 19.9. The molecule has 0 aromatic carbocycles. The fourth-order valence-electron chi connectivity index (χ4n) is 4.78. The monoisotopic (exact) mass is 601 g/mol. The number of amides is 1. The summed E-state index contributed by atoms with van der Waals surface area (Å²) < 4.78 is 0. The molecule has 1 rings (SSSR count). The van der Waals surface area contributed by atoms with E-state index in [1.807, 2.05) is 0 Å². The van der Waals surface area contributed by atoms with E-state index < -0.39 is 23.9 Å². The van der Waals surface area contributed by atoms with E-state index in [1.54, 1.807) is 33.4 Å². The predicted molar refractivity (Wildman–Crippen MR) is 151 cm³/mol. The third-order valence-corrected chi connectivity index (χ3v) is 7.10. The molecule has 0 saturated carbocycles. The van der Waals surface area contributed by atoms with Gasteiger partial charge < -0.3 is 25.7 Å². The lowest BCUT2D eigenvalue weighted by Crippen LogP contribution is -2.53. The molecule has 1 atom stereocenters. The number of carbonyl (C=O) groups excluding carboxylic acids is 2. The van der Waals surface area contributed by atoms with Crippen molar-refractivity contribution >= 4 is 35.6 Å². The Hall–Kier alpha value is -3.14. The minimum atomic E-state index is -1.07. The summed E-state index contributed by atoms with van der Waals surface area (Å²) in [5.41, 5.74) is 0. The number of aliphatic carboxylic acids is 4. The summed E-state index contributed by atoms with van der Waals surface area (Å²) in [7, 11) is 0. The summed E-state index contributed by atoms with van der Waals surface area (Å²) in [6, 6.07) is -0.390. The Bertz CT molecular complexity index is 916. The van der Waals surface area contributed by atoms with Crippen LogP contribution in [0.4, 0.5) is 0 Å². The number of unbranched alkanes of at least 4 members (excludes halogenated alkanes) is 1. The van der Waals surface area contributed by atoms with Gasteiger partial charge in [0.1, 0.15) is 5.78 Å². The highest BCUT2D eigenvalue weighted by molar-refractivity contribution is 5.85. The highest BCUT2D eigenvalue weighted by Gasteiger charge is 2.27. The van der Waals surface area contributed by atoms with Crippen molar-refractivity contribution in [3.63, 3.8) is 0 Å². The number of rotatable bonds is 17. The van der Waals surface area contributed by atoms with E-state index in [2.05, 4.69) is 5.32 Å². The van der Waals surface area contributed by atoms with E-state index in [4.69, 9.17) is 0 Å². The van der Waals surface area contributed by atoms with Gasteiger partial charge in [-0.2, -0.15) is 0 Å². The first kappa shape index (κ1) is 36.9. The van der Waals surface area contributed by atoms with Crippen LogP contribution in [0.1, 0.15) is 46.0 Å². The van der Waals surface area contributed by atoms with E-state index in [0.717, 1.165) is 0 Å². The summed E-state index contributed by atoms with van der Waals surface area (Å²) >= 11 is 0. The van der Waals surface area contributed by atoms with Crippen molar-refractivity contribution in [3.8, 4) is 0 Å². The smallest absolute Gasteiger partial charge is 0.317 e. The Morgan fingerprint density at radius 3 is 1.64 bits per heavy atom. The number of carbonyl (C=O) groups is 6. The van der Waals surface area contributed by atoms with Crippen LogP contribution in [0.3, 0.4) is 0 Å². The van der Waals surface area contributed by atoms with Gasteiger partial charge in [0.05, 0.1) is 26.2 Å². The van der Waals surface area contributed by atoms with Gasteiger partial charge in [0, 0.05) is 77.2 Å². The highest BCUT2D eigenvalue weighted by Crippen LogP contribution is 2.13. The molecule has 1 fully saturated rings. The average molecular weight is 602 g/mol. The van der Waals surface area contributed by atoms with Crippen molar-refractivity contribution in [3.05, 3.63) is 0 Å². The van der Waals surface area contributed by atoms with E-state index in [0.29, 0.717) is 25.8 Å². The fourth-order valence-corrected chi connectivity index (χ4v) is 4.78. The number of ketones is 1. The average Bonchev–Trinajstić information content (AvgIpc) is 2.87. The maximum absolute atomic E-state index is 12.1. The molecule has 1 unspecified atom stereocenters. The van der Waals surface area contributed by atoms with Crippen molar-refractivity contribution in [2.45, 2.75) is 52.0 Å². The first-order valence-corrected chi connectivity index (χ1v) is 14.3. The van der Waals surface area contributed by atoms with Crippen molar-refractivity contribution in [1.82, 2.24) is 24.9 Å². The van der Waals surface area contributed by atoms with Gasteiger partial charge in [-0.1, -0.05) is 20.3 Å². The molecule has 1 aliphatic rings.